The van der Waals surface area contributed by atoms with E-state index < -0.39 is 0 Å². The Kier molecular flexibility index (Phi) is 3.61. The van der Waals surface area contributed by atoms with Crippen molar-refractivity contribution < 1.29 is 0 Å². The van der Waals surface area contributed by atoms with Crippen LogP contribution in [0.15, 0.2) is 42.6 Å². The molecule has 21 heavy (non-hydrogen) atoms. The molecule has 0 unspecified atom stereocenters. The van der Waals surface area contributed by atoms with Crippen LogP contribution in [0.1, 0.15) is 5.69 Å². The summed E-state index contributed by atoms with van der Waals surface area (Å²) in [6, 6.07) is 14.0. The van der Waals surface area contributed by atoms with E-state index in [9.17, 15) is 0 Å². The fraction of sp³-hybridized carbons (Fsp3) is 0.250. The van der Waals surface area contributed by atoms with E-state index in [1.807, 2.05) is 30.3 Å². The van der Waals surface area contributed by atoms with Crippen molar-refractivity contribution in [1.82, 2.24) is 4.98 Å². The maximum Gasteiger partial charge on any atom is 0.163 e. The lowest BCUT2D eigenvalue weighted by atomic mass is 10.2. The normalized spacial score (nSPS) is 14.8. The van der Waals surface area contributed by atoms with E-state index in [0.29, 0.717) is 5.69 Å². The standard InChI is InChI=1S/C16H17N5/c17-12-15-16(5-2-6-19-15)21-9-7-20(8-10-21)14-4-1-3-13(18)11-14/h1-6,11H,7-10,18H2. The minimum Gasteiger partial charge on any atom is -0.399 e. The topological polar surface area (TPSA) is 69.2 Å². The van der Waals surface area contributed by atoms with E-state index in [0.717, 1.165) is 43.2 Å². The first-order chi connectivity index (χ1) is 10.3. The Hall–Kier alpha value is -2.74. The number of anilines is 3. The van der Waals surface area contributed by atoms with Crippen LogP contribution < -0.4 is 15.5 Å². The molecule has 0 aliphatic carbocycles. The third kappa shape index (κ3) is 2.75. The van der Waals surface area contributed by atoms with E-state index in [4.69, 9.17) is 11.0 Å². The molecule has 0 amide bonds. The Morgan fingerprint density at radius 2 is 1.81 bits per heavy atom. The number of benzene rings is 1. The van der Waals surface area contributed by atoms with Crippen LogP contribution in [-0.2, 0) is 0 Å². The van der Waals surface area contributed by atoms with Gasteiger partial charge in [-0.05, 0) is 30.3 Å². The van der Waals surface area contributed by atoms with Crippen molar-refractivity contribution in [2.75, 3.05) is 41.7 Å². The SMILES string of the molecule is N#Cc1ncccc1N1CCN(c2cccc(N)c2)CC1. The molecule has 1 fully saturated rings. The third-order valence-electron chi connectivity index (χ3n) is 3.75. The number of hydrogen-bond donors (Lipinski definition) is 1. The van der Waals surface area contributed by atoms with Gasteiger partial charge < -0.3 is 15.5 Å². The molecule has 2 aromatic rings. The van der Waals surface area contributed by atoms with Crippen LogP contribution in [0, 0.1) is 11.3 Å². The summed E-state index contributed by atoms with van der Waals surface area (Å²) in [7, 11) is 0. The quantitative estimate of drug-likeness (QED) is 0.850. The molecule has 5 heteroatoms. The van der Waals surface area contributed by atoms with E-state index in [1.165, 1.54) is 0 Å². The van der Waals surface area contributed by atoms with Crippen molar-refractivity contribution in [1.29, 1.82) is 5.26 Å². The Morgan fingerprint density at radius 3 is 2.52 bits per heavy atom. The largest absolute Gasteiger partial charge is 0.399 e. The molecule has 0 atom stereocenters. The van der Waals surface area contributed by atoms with Crippen LogP contribution >= 0.6 is 0 Å². The highest BCUT2D eigenvalue weighted by Gasteiger charge is 2.19. The van der Waals surface area contributed by atoms with Gasteiger partial charge in [0.05, 0.1) is 5.69 Å². The van der Waals surface area contributed by atoms with E-state index >= 15 is 0 Å². The molecule has 1 aliphatic heterocycles. The fourth-order valence-corrected chi connectivity index (χ4v) is 2.67. The van der Waals surface area contributed by atoms with Crippen molar-refractivity contribution >= 4 is 17.1 Å². The molecule has 1 aliphatic rings. The molecule has 1 aromatic heterocycles. The average molecular weight is 279 g/mol. The Bertz CT molecular complexity index is 668. The molecule has 0 saturated carbocycles. The van der Waals surface area contributed by atoms with Gasteiger partial charge in [0, 0.05) is 43.8 Å². The number of nitrogens with two attached hydrogens (primary N) is 1. The van der Waals surface area contributed by atoms with Gasteiger partial charge in [-0.2, -0.15) is 5.26 Å². The van der Waals surface area contributed by atoms with Gasteiger partial charge in [0.15, 0.2) is 5.69 Å². The maximum atomic E-state index is 9.15. The Morgan fingerprint density at radius 1 is 1.05 bits per heavy atom. The monoisotopic (exact) mass is 279 g/mol. The molecule has 2 N–H and O–H groups in total. The molecule has 5 nitrogen and oxygen atoms in total. The summed E-state index contributed by atoms with van der Waals surface area (Å²) in [5.74, 6) is 0. The van der Waals surface area contributed by atoms with Gasteiger partial charge >= 0.3 is 0 Å². The molecule has 1 aromatic carbocycles. The van der Waals surface area contributed by atoms with Gasteiger partial charge in [-0.25, -0.2) is 4.98 Å². The van der Waals surface area contributed by atoms with Crippen LogP contribution in [0.5, 0.6) is 0 Å². The number of rotatable bonds is 2. The van der Waals surface area contributed by atoms with E-state index in [2.05, 4.69) is 26.9 Å². The molecule has 2 heterocycles. The number of nitrogens with zero attached hydrogens (tertiary/aromatic N) is 4. The van der Waals surface area contributed by atoms with Gasteiger partial charge in [0.25, 0.3) is 0 Å². The van der Waals surface area contributed by atoms with Gasteiger partial charge in [-0.3, -0.25) is 0 Å². The highest BCUT2D eigenvalue weighted by Crippen LogP contribution is 2.23. The first-order valence-corrected chi connectivity index (χ1v) is 6.98. The van der Waals surface area contributed by atoms with Crippen LogP contribution in [0.3, 0.4) is 0 Å². The molecular weight excluding hydrogens is 262 g/mol. The highest BCUT2D eigenvalue weighted by molar-refractivity contribution is 5.59. The molecule has 0 bridgehead atoms. The molecule has 3 rings (SSSR count). The lowest BCUT2D eigenvalue weighted by molar-refractivity contribution is 0.652. The van der Waals surface area contributed by atoms with Crippen molar-refractivity contribution in [2.24, 2.45) is 0 Å². The number of pyridine rings is 1. The summed E-state index contributed by atoms with van der Waals surface area (Å²) in [6.07, 6.45) is 1.66. The highest BCUT2D eigenvalue weighted by atomic mass is 15.3. The number of piperazine rings is 1. The average Bonchev–Trinajstić information content (AvgIpc) is 2.55. The summed E-state index contributed by atoms with van der Waals surface area (Å²) >= 11 is 0. The second-order valence-corrected chi connectivity index (χ2v) is 5.05. The van der Waals surface area contributed by atoms with Crippen molar-refractivity contribution in [3.8, 4) is 6.07 Å². The molecule has 0 radical (unpaired) electrons. The molecule has 106 valence electrons. The summed E-state index contributed by atoms with van der Waals surface area (Å²) in [5.41, 5.74) is 9.20. The number of nitriles is 1. The lowest BCUT2D eigenvalue weighted by Crippen LogP contribution is -2.46. The summed E-state index contributed by atoms with van der Waals surface area (Å²) in [6.45, 7) is 3.55. The summed E-state index contributed by atoms with van der Waals surface area (Å²) < 4.78 is 0. The second-order valence-electron chi connectivity index (χ2n) is 5.05. The Labute approximate surface area is 124 Å². The van der Waals surface area contributed by atoms with Crippen LogP contribution in [-0.4, -0.2) is 31.2 Å². The zero-order chi connectivity index (χ0) is 14.7. The lowest BCUT2D eigenvalue weighted by Gasteiger charge is -2.37. The predicted octanol–water partition coefficient (Wildman–Crippen LogP) is 1.86. The predicted molar refractivity (Wildman–Crippen MR) is 84.2 cm³/mol. The number of nitrogen functional groups attached to an aromatic ring is 1. The van der Waals surface area contributed by atoms with Crippen molar-refractivity contribution in [3.63, 3.8) is 0 Å². The van der Waals surface area contributed by atoms with Crippen LogP contribution in [0.2, 0.25) is 0 Å². The molecular formula is C16H17N5. The Balaban J connectivity index is 1.72. The van der Waals surface area contributed by atoms with Crippen molar-refractivity contribution in [3.05, 3.63) is 48.3 Å². The zero-order valence-electron chi connectivity index (χ0n) is 11.7. The fourth-order valence-electron chi connectivity index (χ4n) is 2.67. The minimum atomic E-state index is 0.495. The number of aromatic nitrogens is 1. The van der Waals surface area contributed by atoms with Crippen LogP contribution in [0.25, 0.3) is 0 Å². The first kappa shape index (κ1) is 13.3. The minimum absolute atomic E-state index is 0.495. The van der Waals surface area contributed by atoms with E-state index in [1.54, 1.807) is 6.20 Å². The second kappa shape index (κ2) is 5.71. The smallest absolute Gasteiger partial charge is 0.163 e. The summed E-state index contributed by atoms with van der Waals surface area (Å²) in [5, 5.41) is 9.15. The van der Waals surface area contributed by atoms with Crippen molar-refractivity contribution in [2.45, 2.75) is 0 Å². The first-order valence-electron chi connectivity index (χ1n) is 6.98. The van der Waals surface area contributed by atoms with Gasteiger partial charge in [-0.1, -0.05) is 6.07 Å². The summed E-state index contributed by atoms with van der Waals surface area (Å²) in [4.78, 5) is 8.66. The van der Waals surface area contributed by atoms with E-state index in [-0.39, 0.29) is 0 Å². The van der Waals surface area contributed by atoms with Gasteiger partial charge in [-0.15, -0.1) is 0 Å². The molecule has 0 spiro atoms. The maximum absolute atomic E-state index is 9.15. The van der Waals surface area contributed by atoms with Gasteiger partial charge in [0.2, 0.25) is 0 Å². The van der Waals surface area contributed by atoms with Crippen LogP contribution in [0.4, 0.5) is 17.1 Å². The third-order valence-corrected chi connectivity index (χ3v) is 3.75. The zero-order valence-corrected chi connectivity index (χ0v) is 11.7. The van der Waals surface area contributed by atoms with Gasteiger partial charge in [0.1, 0.15) is 6.07 Å². The molecule has 1 saturated heterocycles. The number of hydrogen-bond acceptors (Lipinski definition) is 5.